The van der Waals surface area contributed by atoms with Crippen LogP contribution < -0.4 is 0 Å². The number of aliphatic imine (C=N–C) groups is 1. The third kappa shape index (κ3) is 2.84. The van der Waals surface area contributed by atoms with E-state index in [0.29, 0.717) is 11.7 Å². The molecule has 1 amide bonds. The molecule has 0 radical (unpaired) electrons. The molecule has 1 aliphatic carbocycles. The predicted octanol–water partition coefficient (Wildman–Crippen LogP) is 4.11. The first-order valence-corrected chi connectivity index (χ1v) is 10.0. The first-order chi connectivity index (χ1) is 10.8. The maximum Gasteiger partial charge on any atom is 0.280 e. The van der Waals surface area contributed by atoms with E-state index in [1.54, 1.807) is 23.5 Å². The second-order valence-corrected chi connectivity index (χ2v) is 7.35. The van der Waals surface area contributed by atoms with Gasteiger partial charge in [0, 0.05) is 11.6 Å². The van der Waals surface area contributed by atoms with Crippen molar-refractivity contribution in [2.75, 3.05) is 12.5 Å². The van der Waals surface area contributed by atoms with Gasteiger partial charge in [-0.1, -0.05) is 43.2 Å². The van der Waals surface area contributed by atoms with Crippen molar-refractivity contribution in [3.63, 3.8) is 0 Å². The molecular formula is C17H20N2OS2. The Morgan fingerprint density at radius 1 is 1.14 bits per heavy atom. The molecule has 0 bridgehead atoms. The Kier molecular flexibility index (Phi) is 4.93. The highest BCUT2D eigenvalue weighted by atomic mass is 32.2. The highest BCUT2D eigenvalue weighted by Gasteiger charge is 2.38. The summed E-state index contributed by atoms with van der Waals surface area (Å²) in [4.78, 5) is 19.6. The van der Waals surface area contributed by atoms with E-state index in [9.17, 15) is 4.79 Å². The van der Waals surface area contributed by atoms with Crippen molar-refractivity contribution in [2.24, 2.45) is 4.99 Å². The van der Waals surface area contributed by atoms with Crippen molar-refractivity contribution in [1.29, 1.82) is 0 Å². The molecule has 0 atom stereocenters. The number of nitrogens with zero attached hydrogens (tertiary/aromatic N) is 2. The molecule has 3 nitrogen and oxygen atoms in total. The molecule has 1 aromatic rings. The topological polar surface area (TPSA) is 32.7 Å². The first kappa shape index (κ1) is 15.7. The maximum absolute atomic E-state index is 13.0. The third-order valence-corrected chi connectivity index (χ3v) is 6.28. The van der Waals surface area contributed by atoms with Crippen LogP contribution in [0.4, 0.5) is 0 Å². The fourth-order valence-electron chi connectivity index (χ4n) is 3.12. The van der Waals surface area contributed by atoms with Crippen molar-refractivity contribution in [3.05, 3.63) is 45.8 Å². The lowest BCUT2D eigenvalue weighted by molar-refractivity contribution is -0.124. The summed E-state index contributed by atoms with van der Waals surface area (Å²) in [6.07, 6.45) is 8.57. The quantitative estimate of drug-likeness (QED) is 0.778. The summed E-state index contributed by atoms with van der Waals surface area (Å²) in [5.74, 6) is 0.901. The second-order valence-electron chi connectivity index (χ2n) is 5.46. The van der Waals surface area contributed by atoms with Crippen LogP contribution in [0, 0.1) is 0 Å². The Morgan fingerprint density at radius 3 is 2.36 bits per heavy atom. The van der Waals surface area contributed by atoms with Crippen LogP contribution in [0.2, 0.25) is 0 Å². The molecule has 22 heavy (non-hydrogen) atoms. The van der Waals surface area contributed by atoms with Crippen molar-refractivity contribution in [1.82, 2.24) is 4.90 Å². The zero-order valence-corrected chi connectivity index (χ0v) is 14.5. The predicted molar refractivity (Wildman–Crippen MR) is 96.1 cm³/mol. The molecule has 1 saturated carbocycles. The molecule has 1 aliphatic heterocycles. The zero-order valence-electron chi connectivity index (χ0n) is 12.9. The molecule has 1 fully saturated rings. The van der Waals surface area contributed by atoms with Gasteiger partial charge in [-0.25, -0.2) is 4.99 Å². The highest BCUT2D eigenvalue weighted by Crippen LogP contribution is 2.36. The van der Waals surface area contributed by atoms with Gasteiger partial charge in [0.15, 0.2) is 5.70 Å². The Balaban J connectivity index is 2.06. The van der Waals surface area contributed by atoms with Crippen molar-refractivity contribution in [3.8, 4) is 0 Å². The number of carbonyl (C=O) groups excluding carboxylic acids is 1. The number of benzene rings is 1. The second kappa shape index (κ2) is 6.92. The van der Waals surface area contributed by atoms with Crippen LogP contribution in [0.25, 0.3) is 0 Å². The fraction of sp³-hybridized carbons (Fsp3) is 0.412. The molecule has 0 aromatic heterocycles. The van der Waals surface area contributed by atoms with Crippen LogP contribution in [0.3, 0.4) is 0 Å². The van der Waals surface area contributed by atoms with Crippen molar-refractivity contribution < 1.29 is 4.79 Å². The van der Waals surface area contributed by atoms with Gasteiger partial charge in [-0.3, -0.25) is 9.69 Å². The van der Waals surface area contributed by atoms with E-state index >= 15 is 0 Å². The largest absolute Gasteiger partial charge is 0.288 e. The number of rotatable bonds is 4. The average Bonchev–Trinajstić information content (AvgIpc) is 3.18. The minimum Gasteiger partial charge on any atom is -0.288 e. The van der Waals surface area contributed by atoms with Crippen LogP contribution in [0.1, 0.15) is 31.2 Å². The standard InChI is InChI=1S/C17H20N2OS2/c1-21-17(22-2)14-16(20)19(13-10-6-7-11-13)15(18-14)12-8-4-3-5-9-12/h3-5,8-9,13H,6-7,10-11H2,1-2H3. The van der Waals surface area contributed by atoms with Gasteiger partial charge in [-0.15, -0.1) is 23.5 Å². The highest BCUT2D eigenvalue weighted by molar-refractivity contribution is 8.21. The van der Waals surface area contributed by atoms with E-state index in [1.165, 1.54) is 12.8 Å². The SMILES string of the molecule is CSC(SC)=C1N=C(c2ccccc2)N(C2CCCC2)C1=O. The molecule has 1 aromatic carbocycles. The summed E-state index contributed by atoms with van der Waals surface area (Å²) in [6, 6.07) is 10.4. The van der Waals surface area contributed by atoms with Gasteiger partial charge in [-0.05, 0) is 25.4 Å². The van der Waals surface area contributed by atoms with E-state index in [4.69, 9.17) is 4.99 Å². The van der Waals surface area contributed by atoms with Crippen molar-refractivity contribution >= 4 is 35.3 Å². The lowest BCUT2D eigenvalue weighted by Crippen LogP contribution is -2.40. The molecule has 1 heterocycles. The van der Waals surface area contributed by atoms with Gasteiger partial charge in [0.1, 0.15) is 5.84 Å². The summed E-state index contributed by atoms with van der Waals surface area (Å²) in [7, 11) is 0. The third-order valence-electron chi connectivity index (χ3n) is 4.15. The molecule has 0 spiro atoms. The van der Waals surface area contributed by atoms with E-state index in [-0.39, 0.29) is 5.91 Å². The summed E-state index contributed by atoms with van der Waals surface area (Å²) in [5, 5.41) is 0. The Bertz CT molecular complexity index is 613. The summed E-state index contributed by atoms with van der Waals surface area (Å²) in [6.45, 7) is 0. The monoisotopic (exact) mass is 332 g/mol. The molecular weight excluding hydrogens is 312 g/mol. The van der Waals surface area contributed by atoms with Gasteiger partial charge in [0.25, 0.3) is 5.91 Å². The Morgan fingerprint density at radius 2 is 1.77 bits per heavy atom. The number of amides is 1. The maximum atomic E-state index is 13.0. The summed E-state index contributed by atoms with van der Waals surface area (Å²) in [5.41, 5.74) is 1.64. The summed E-state index contributed by atoms with van der Waals surface area (Å²) >= 11 is 3.20. The first-order valence-electron chi connectivity index (χ1n) is 7.56. The molecule has 0 unspecified atom stereocenters. The lowest BCUT2D eigenvalue weighted by atomic mass is 10.1. The van der Waals surface area contributed by atoms with Crippen LogP contribution in [0.5, 0.6) is 0 Å². The summed E-state index contributed by atoms with van der Waals surface area (Å²) < 4.78 is 0.999. The lowest BCUT2D eigenvalue weighted by Gasteiger charge is -2.25. The van der Waals surface area contributed by atoms with Gasteiger partial charge in [0.05, 0.1) is 4.24 Å². The van der Waals surface area contributed by atoms with Gasteiger partial charge in [0.2, 0.25) is 0 Å². The van der Waals surface area contributed by atoms with Gasteiger partial charge >= 0.3 is 0 Å². The smallest absolute Gasteiger partial charge is 0.280 e. The molecule has 0 N–H and O–H groups in total. The van der Waals surface area contributed by atoms with Gasteiger partial charge < -0.3 is 0 Å². The average molecular weight is 332 g/mol. The molecule has 116 valence electrons. The van der Waals surface area contributed by atoms with Crippen LogP contribution in [-0.2, 0) is 4.79 Å². The number of hydrogen-bond donors (Lipinski definition) is 0. The van der Waals surface area contributed by atoms with Crippen LogP contribution >= 0.6 is 23.5 Å². The normalized spacial score (nSPS) is 19.0. The van der Waals surface area contributed by atoms with Gasteiger partial charge in [-0.2, -0.15) is 0 Å². The Hall–Kier alpha value is -1.20. The van der Waals surface area contributed by atoms with E-state index in [0.717, 1.165) is 28.5 Å². The molecule has 0 saturated heterocycles. The number of carbonyl (C=O) groups is 1. The number of thioether (sulfide) groups is 2. The minimum absolute atomic E-state index is 0.0736. The fourth-order valence-corrected chi connectivity index (χ4v) is 4.44. The van der Waals surface area contributed by atoms with Crippen molar-refractivity contribution in [2.45, 2.75) is 31.7 Å². The number of hydrogen-bond acceptors (Lipinski definition) is 4. The molecule has 5 heteroatoms. The molecule has 2 aliphatic rings. The van der Waals surface area contributed by atoms with E-state index in [1.807, 2.05) is 47.7 Å². The van der Waals surface area contributed by atoms with E-state index < -0.39 is 0 Å². The zero-order chi connectivity index (χ0) is 15.5. The van der Waals surface area contributed by atoms with Crippen LogP contribution in [-0.4, -0.2) is 35.2 Å². The number of amidine groups is 1. The minimum atomic E-state index is 0.0736. The molecule has 3 rings (SSSR count). The Labute approximate surface area is 140 Å². The van der Waals surface area contributed by atoms with E-state index in [2.05, 4.69) is 0 Å². The van der Waals surface area contributed by atoms with Crippen LogP contribution in [0.15, 0.2) is 45.3 Å².